The lowest BCUT2D eigenvalue weighted by Crippen LogP contribution is -2.31. The molecule has 2 atom stereocenters. The maximum Gasteiger partial charge on any atom is 0.205 e. The lowest BCUT2D eigenvalue weighted by atomic mass is 10.1. The van der Waals surface area contributed by atoms with Crippen LogP contribution in [0.4, 0.5) is 5.13 Å². The molecular weight excluding hydrogens is 206 g/mol. The normalized spacial score (nSPS) is 29.4. The molecule has 1 aliphatic carbocycles. The van der Waals surface area contributed by atoms with Crippen molar-refractivity contribution in [1.82, 2.24) is 9.36 Å². The van der Waals surface area contributed by atoms with Crippen molar-refractivity contribution in [2.45, 2.75) is 45.1 Å². The molecule has 2 fully saturated rings. The van der Waals surface area contributed by atoms with Crippen LogP contribution in [0.2, 0.25) is 0 Å². The number of anilines is 1. The van der Waals surface area contributed by atoms with E-state index in [0.29, 0.717) is 5.92 Å². The second-order valence-corrected chi connectivity index (χ2v) is 5.81. The van der Waals surface area contributed by atoms with Gasteiger partial charge < -0.3 is 4.90 Å². The third kappa shape index (κ3) is 1.55. The summed E-state index contributed by atoms with van der Waals surface area (Å²) in [6.07, 6.45) is 4.18. The van der Waals surface area contributed by atoms with Gasteiger partial charge in [0.1, 0.15) is 5.82 Å². The number of fused-ring (bicyclic) bond motifs is 2. The largest absolute Gasteiger partial charge is 0.344 e. The molecule has 2 bridgehead atoms. The number of piperidine rings is 1. The Kier molecular flexibility index (Phi) is 2.20. The fourth-order valence-electron chi connectivity index (χ4n) is 2.74. The van der Waals surface area contributed by atoms with Crippen LogP contribution in [0, 0.1) is 5.92 Å². The van der Waals surface area contributed by atoms with Crippen LogP contribution in [-0.4, -0.2) is 21.9 Å². The minimum absolute atomic E-state index is 0.454. The first-order valence-corrected chi connectivity index (χ1v) is 6.61. The molecule has 82 valence electrons. The molecule has 2 heterocycles. The highest BCUT2D eigenvalue weighted by Gasteiger charge is 2.39. The van der Waals surface area contributed by atoms with Gasteiger partial charge >= 0.3 is 0 Å². The van der Waals surface area contributed by atoms with Crippen LogP contribution in [-0.2, 0) is 0 Å². The van der Waals surface area contributed by atoms with Crippen LogP contribution in [0.25, 0.3) is 0 Å². The lowest BCUT2D eigenvalue weighted by Gasteiger charge is -2.25. The molecular formula is C11H17N3S. The third-order valence-electron chi connectivity index (χ3n) is 3.60. The fraction of sp³-hybridized carbons (Fsp3) is 0.818. The van der Waals surface area contributed by atoms with E-state index in [1.165, 1.54) is 25.8 Å². The van der Waals surface area contributed by atoms with Gasteiger partial charge in [-0.1, -0.05) is 13.8 Å². The van der Waals surface area contributed by atoms with Crippen molar-refractivity contribution in [3.63, 3.8) is 0 Å². The maximum absolute atomic E-state index is 4.64. The number of nitrogens with zero attached hydrogens (tertiary/aromatic N) is 3. The lowest BCUT2D eigenvalue weighted by molar-refractivity contribution is 0.552. The summed E-state index contributed by atoms with van der Waals surface area (Å²) < 4.78 is 4.43. The monoisotopic (exact) mass is 223 g/mol. The predicted octanol–water partition coefficient (Wildman–Crippen LogP) is 2.65. The highest BCUT2D eigenvalue weighted by atomic mass is 32.1. The van der Waals surface area contributed by atoms with E-state index in [9.17, 15) is 0 Å². The minimum Gasteiger partial charge on any atom is -0.344 e. The Hall–Kier alpha value is -0.640. The van der Waals surface area contributed by atoms with Crippen molar-refractivity contribution >= 4 is 16.7 Å². The molecule has 1 saturated carbocycles. The number of aromatic nitrogens is 2. The molecule has 0 amide bonds. The van der Waals surface area contributed by atoms with E-state index < -0.39 is 0 Å². The summed E-state index contributed by atoms with van der Waals surface area (Å²) in [7, 11) is 0. The van der Waals surface area contributed by atoms with E-state index in [4.69, 9.17) is 0 Å². The number of hydrogen-bond acceptors (Lipinski definition) is 4. The average molecular weight is 223 g/mol. The Morgan fingerprint density at radius 3 is 2.80 bits per heavy atom. The summed E-state index contributed by atoms with van der Waals surface area (Å²) in [6.45, 7) is 5.53. The van der Waals surface area contributed by atoms with Gasteiger partial charge in [0.05, 0.1) is 0 Å². The molecule has 3 nitrogen and oxygen atoms in total. The Bertz CT molecular complexity index is 360. The molecule has 1 saturated heterocycles. The van der Waals surface area contributed by atoms with Crippen molar-refractivity contribution in [2.75, 3.05) is 11.4 Å². The second-order valence-electron chi connectivity index (χ2n) is 5.08. The molecule has 0 spiro atoms. The Labute approximate surface area is 94.7 Å². The first kappa shape index (κ1) is 9.58. The Morgan fingerprint density at radius 1 is 1.40 bits per heavy atom. The number of hydrogen-bond donors (Lipinski definition) is 0. The van der Waals surface area contributed by atoms with E-state index in [2.05, 4.69) is 28.1 Å². The van der Waals surface area contributed by atoms with Gasteiger partial charge in [-0.2, -0.15) is 4.37 Å². The van der Waals surface area contributed by atoms with Crippen LogP contribution in [0.1, 0.15) is 44.9 Å². The second kappa shape index (κ2) is 3.44. The zero-order valence-electron chi connectivity index (χ0n) is 9.31. The minimum atomic E-state index is 0.454. The van der Waals surface area contributed by atoms with Gasteiger partial charge in [0, 0.05) is 30.0 Å². The van der Waals surface area contributed by atoms with Gasteiger partial charge in [0.25, 0.3) is 0 Å². The van der Waals surface area contributed by atoms with Gasteiger partial charge in [0.2, 0.25) is 5.13 Å². The van der Waals surface area contributed by atoms with Gasteiger partial charge in [-0.25, -0.2) is 4.98 Å². The molecule has 2 aliphatic rings. The smallest absolute Gasteiger partial charge is 0.205 e. The average Bonchev–Trinajstić information content (AvgIpc) is 2.93. The van der Waals surface area contributed by atoms with Crippen molar-refractivity contribution < 1.29 is 0 Å². The molecule has 15 heavy (non-hydrogen) atoms. The maximum atomic E-state index is 4.64. The van der Waals surface area contributed by atoms with Crippen LogP contribution in [0.15, 0.2) is 0 Å². The van der Waals surface area contributed by atoms with Crippen molar-refractivity contribution in [3.05, 3.63) is 5.82 Å². The Balaban J connectivity index is 1.81. The van der Waals surface area contributed by atoms with Crippen LogP contribution >= 0.6 is 11.5 Å². The molecule has 2 unspecified atom stereocenters. The molecule has 3 rings (SSSR count). The van der Waals surface area contributed by atoms with Gasteiger partial charge in [-0.05, 0) is 25.2 Å². The summed E-state index contributed by atoms with van der Waals surface area (Å²) in [5, 5.41) is 1.16. The highest BCUT2D eigenvalue weighted by molar-refractivity contribution is 7.09. The van der Waals surface area contributed by atoms with E-state index in [1.54, 1.807) is 11.5 Å². The molecule has 1 aliphatic heterocycles. The van der Waals surface area contributed by atoms with Crippen LogP contribution in [0.5, 0.6) is 0 Å². The molecule has 1 aromatic rings. The topological polar surface area (TPSA) is 29.0 Å². The first-order valence-electron chi connectivity index (χ1n) is 5.84. The van der Waals surface area contributed by atoms with E-state index in [-0.39, 0.29) is 0 Å². The van der Waals surface area contributed by atoms with E-state index in [0.717, 1.165) is 22.9 Å². The standard InChI is InChI=1S/C11H17N3S/c1-7(2)10-12-11(15-13-10)14-6-8-3-4-9(14)5-8/h7-9H,3-6H2,1-2H3. The van der Waals surface area contributed by atoms with E-state index >= 15 is 0 Å². The summed E-state index contributed by atoms with van der Waals surface area (Å²) >= 11 is 1.58. The highest BCUT2D eigenvalue weighted by Crippen LogP contribution is 2.40. The summed E-state index contributed by atoms with van der Waals surface area (Å²) in [4.78, 5) is 7.13. The zero-order valence-corrected chi connectivity index (χ0v) is 10.1. The molecule has 0 aromatic carbocycles. The zero-order chi connectivity index (χ0) is 10.4. The van der Waals surface area contributed by atoms with Crippen molar-refractivity contribution in [2.24, 2.45) is 5.92 Å². The van der Waals surface area contributed by atoms with Crippen molar-refractivity contribution in [1.29, 1.82) is 0 Å². The van der Waals surface area contributed by atoms with E-state index in [1.807, 2.05) is 0 Å². The summed E-state index contributed by atoms with van der Waals surface area (Å²) in [6, 6.07) is 0.767. The summed E-state index contributed by atoms with van der Waals surface area (Å²) in [5.41, 5.74) is 0. The van der Waals surface area contributed by atoms with Crippen LogP contribution < -0.4 is 4.90 Å². The van der Waals surface area contributed by atoms with Crippen molar-refractivity contribution in [3.8, 4) is 0 Å². The molecule has 0 N–H and O–H groups in total. The first-order chi connectivity index (χ1) is 7.24. The third-order valence-corrected chi connectivity index (χ3v) is 4.37. The quantitative estimate of drug-likeness (QED) is 0.772. The van der Waals surface area contributed by atoms with Gasteiger partial charge in [-0.3, -0.25) is 0 Å². The number of rotatable bonds is 2. The fourth-order valence-corrected chi connectivity index (χ4v) is 3.63. The van der Waals surface area contributed by atoms with Gasteiger partial charge in [-0.15, -0.1) is 0 Å². The molecule has 1 aromatic heterocycles. The summed E-state index contributed by atoms with van der Waals surface area (Å²) in [5.74, 6) is 2.40. The van der Waals surface area contributed by atoms with Crippen LogP contribution in [0.3, 0.4) is 0 Å². The predicted molar refractivity (Wildman–Crippen MR) is 62.5 cm³/mol. The molecule has 0 radical (unpaired) electrons. The SMILES string of the molecule is CC(C)c1nsc(N2CC3CCC2C3)n1. The molecule has 4 heteroatoms. The van der Waals surface area contributed by atoms with Gasteiger partial charge in [0.15, 0.2) is 0 Å². The Morgan fingerprint density at radius 2 is 2.27 bits per heavy atom.